The van der Waals surface area contributed by atoms with Crippen LogP contribution < -0.4 is 21.7 Å². The Hall–Kier alpha value is -3.58. The van der Waals surface area contributed by atoms with Crippen molar-refractivity contribution in [3.8, 4) is 10.6 Å². The molecule has 3 heterocycles. The molecule has 13 heteroatoms. The maximum Gasteiger partial charge on any atom is 0.302 e. The lowest BCUT2D eigenvalue weighted by molar-refractivity contribution is -0.147. The fourth-order valence-electron chi connectivity index (χ4n) is 4.05. The smallest absolute Gasteiger partial charge is 0.302 e. The average molecular weight is 506 g/mol. The minimum atomic E-state index is -0.799. The van der Waals surface area contributed by atoms with Crippen LogP contribution in [-0.2, 0) is 16.6 Å². The first-order chi connectivity index (χ1) is 16.7. The molecular formula is C22H25F2N7O3S. The quantitative estimate of drug-likeness (QED) is 0.449. The summed E-state index contributed by atoms with van der Waals surface area (Å²) in [5.41, 5.74) is 12.1. The summed E-state index contributed by atoms with van der Waals surface area (Å²) >= 11 is 0.819. The number of aromatic nitrogens is 3. The predicted molar refractivity (Wildman–Crippen MR) is 128 cm³/mol. The maximum atomic E-state index is 14.2. The molecule has 0 spiro atoms. The van der Waals surface area contributed by atoms with Crippen LogP contribution >= 0.6 is 11.3 Å². The number of amides is 1. The summed E-state index contributed by atoms with van der Waals surface area (Å²) < 4.78 is 35.3. The largest absolute Gasteiger partial charge is 0.461 e. The molecule has 1 saturated heterocycles. The van der Waals surface area contributed by atoms with Crippen LogP contribution in [0.5, 0.6) is 0 Å². The summed E-state index contributed by atoms with van der Waals surface area (Å²) in [7, 11) is 1.73. The zero-order valence-corrected chi connectivity index (χ0v) is 19.9. The highest BCUT2D eigenvalue weighted by atomic mass is 32.1. The van der Waals surface area contributed by atoms with E-state index in [-0.39, 0.29) is 33.3 Å². The lowest BCUT2D eigenvalue weighted by Gasteiger charge is -2.24. The van der Waals surface area contributed by atoms with Crippen LogP contribution in [0.25, 0.3) is 10.6 Å². The molecule has 1 amide bonds. The molecule has 10 nitrogen and oxygen atoms in total. The van der Waals surface area contributed by atoms with Gasteiger partial charge < -0.3 is 26.4 Å². The van der Waals surface area contributed by atoms with Gasteiger partial charge in [0, 0.05) is 39.5 Å². The number of nitrogens with zero attached hydrogens (tertiary/aromatic N) is 4. The zero-order chi connectivity index (χ0) is 25.3. The number of carbonyl (C=O) groups is 2. The third kappa shape index (κ3) is 5.10. The van der Waals surface area contributed by atoms with Gasteiger partial charge in [0.05, 0.1) is 11.8 Å². The lowest BCUT2D eigenvalue weighted by Crippen LogP contribution is -2.37. The van der Waals surface area contributed by atoms with Gasteiger partial charge in [-0.25, -0.2) is 13.8 Å². The van der Waals surface area contributed by atoms with Gasteiger partial charge >= 0.3 is 5.97 Å². The summed E-state index contributed by atoms with van der Waals surface area (Å²) in [5.74, 6) is -2.00. The van der Waals surface area contributed by atoms with Crippen molar-refractivity contribution >= 4 is 39.7 Å². The third-order valence-electron chi connectivity index (χ3n) is 5.71. The van der Waals surface area contributed by atoms with Gasteiger partial charge in [0.15, 0.2) is 11.5 Å². The van der Waals surface area contributed by atoms with Gasteiger partial charge in [-0.1, -0.05) is 17.4 Å². The van der Waals surface area contributed by atoms with Gasteiger partial charge in [-0.15, -0.1) is 0 Å². The minimum absolute atomic E-state index is 0.0237. The molecule has 2 aromatic heterocycles. The van der Waals surface area contributed by atoms with Crippen LogP contribution in [-0.4, -0.2) is 51.9 Å². The standard InChI is InChI=1S/C22H25F2N7O3S/c1-11(32)34-16-7-9-31(8-6-14(16)25)22-15(10-27-30(22)2)28-20(33)18-19(26)35-21(29-18)17-12(23)4-3-5-13(17)24/h3-5,10,14,16H,6-9,25-26H2,1-2H3,(H,28,33)/t14-,16-/m1/s1. The molecule has 1 fully saturated rings. The van der Waals surface area contributed by atoms with E-state index in [0.29, 0.717) is 37.4 Å². The number of hydrogen-bond donors (Lipinski definition) is 3. The van der Waals surface area contributed by atoms with Gasteiger partial charge in [0.2, 0.25) is 0 Å². The second-order valence-corrected chi connectivity index (χ2v) is 9.19. The predicted octanol–water partition coefficient (Wildman–Crippen LogP) is 2.52. The molecule has 0 aliphatic carbocycles. The first kappa shape index (κ1) is 24.5. The number of esters is 1. The molecule has 1 aromatic carbocycles. The molecule has 1 aliphatic heterocycles. The van der Waals surface area contributed by atoms with E-state index in [1.54, 1.807) is 11.7 Å². The van der Waals surface area contributed by atoms with E-state index >= 15 is 0 Å². The van der Waals surface area contributed by atoms with Gasteiger partial charge in [0.25, 0.3) is 5.91 Å². The summed E-state index contributed by atoms with van der Waals surface area (Å²) in [6.45, 7) is 2.42. The first-order valence-electron chi connectivity index (χ1n) is 10.9. The number of benzene rings is 1. The Morgan fingerprint density at radius 2 is 1.91 bits per heavy atom. The number of hydrogen-bond acceptors (Lipinski definition) is 9. The van der Waals surface area contributed by atoms with E-state index in [4.69, 9.17) is 16.2 Å². The number of ether oxygens (including phenoxy) is 1. The van der Waals surface area contributed by atoms with Crippen LogP contribution in [0.2, 0.25) is 0 Å². The van der Waals surface area contributed by atoms with Crippen LogP contribution in [0.4, 0.5) is 25.3 Å². The number of aryl methyl sites for hydroxylation is 1. The highest BCUT2D eigenvalue weighted by Crippen LogP contribution is 2.34. The topological polar surface area (TPSA) is 141 Å². The van der Waals surface area contributed by atoms with Gasteiger partial charge in [-0.05, 0) is 18.6 Å². The Morgan fingerprint density at radius 1 is 1.23 bits per heavy atom. The van der Waals surface area contributed by atoms with E-state index < -0.39 is 23.6 Å². The highest BCUT2D eigenvalue weighted by molar-refractivity contribution is 7.19. The van der Waals surface area contributed by atoms with Crippen molar-refractivity contribution in [1.29, 1.82) is 0 Å². The molecule has 3 aromatic rings. The van der Waals surface area contributed by atoms with Crippen LogP contribution in [0, 0.1) is 11.6 Å². The number of nitrogen functional groups attached to an aromatic ring is 1. The van der Waals surface area contributed by atoms with E-state index in [0.717, 1.165) is 23.5 Å². The molecule has 5 N–H and O–H groups in total. The maximum absolute atomic E-state index is 14.2. The van der Waals surface area contributed by atoms with Crippen LogP contribution in [0.1, 0.15) is 30.3 Å². The number of halogens is 2. The Balaban J connectivity index is 1.55. The van der Waals surface area contributed by atoms with Crippen molar-refractivity contribution in [3.05, 3.63) is 41.7 Å². The molecule has 186 valence electrons. The summed E-state index contributed by atoms with van der Waals surface area (Å²) in [5, 5.41) is 6.99. The monoisotopic (exact) mass is 505 g/mol. The van der Waals surface area contributed by atoms with Gasteiger partial charge in [-0.2, -0.15) is 5.10 Å². The fourth-order valence-corrected chi connectivity index (χ4v) is 4.93. The first-order valence-corrected chi connectivity index (χ1v) is 11.7. The van der Waals surface area contributed by atoms with Crippen molar-refractivity contribution in [2.45, 2.75) is 31.9 Å². The molecule has 0 bridgehead atoms. The summed E-state index contributed by atoms with van der Waals surface area (Å²) in [6, 6.07) is 3.14. The number of nitrogens with one attached hydrogen (secondary N) is 1. The SMILES string of the molecule is CC(=O)O[C@@H]1CCN(c2c(NC(=O)c3nc(-c4c(F)cccc4F)sc3N)cnn2C)CC[C@H]1N. The van der Waals surface area contributed by atoms with Crippen LogP contribution in [0.15, 0.2) is 24.4 Å². The van der Waals surface area contributed by atoms with E-state index in [1.165, 1.54) is 19.2 Å². The summed E-state index contributed by atoms with van der Waals surface area (Å²) in [4.78, 5) is 30.5. The Labute approximate surface area is 203 Å². The Kier molecular flexibility index (Phi) is 6.98. The highest BCUT2D eigenvalue weighted by Gasteiger charge is 2.29. The van der Waals surface area contributed by atoms with Crippen molar-refractivity contribution in [3.63, 3.8) is 0 Å². The van der Waals surface area contributed by atoms with E-state index in [9.17, 15) is 18.4 Å². The molecular weight excluding hydrogens is 480 g/mol. The number of rotatable bonds is 5. The van der Waals surface area contributed by atoms with Crippen molar-refractivity contribution in [2.75, 3.05) is 29.0 Å². The molecule has 0 radical (unpaired) electrons. The normalized spacial score (nSPS) is 18.3. The second kappa shape index (κ2) is 9.96. The molecule has 4 rings (SSSR count). The number of anilines is 3. The van der Waals surface area contributed by atoms with Crippen LogP contribution in [0.3, 0.4) is 0 Å². The van der Waals surface area contributed by atoms with E-state index in [2.05, 4.69) is 15.4 Å². The molecule has 35 heavy (non-hydrogen) atoms. The average Bonchev–Trinajstić information content (AvgIpc) is 3.29. The van der Waals surface area contributed by atoms with Crippen molar-refractivity contribution in [2.24, 2.45) is 12.8 Å². The van der Waals surface area contributed by atoms with Gasteiger partial charge in [0.1, 0.15) is 33.4 Å². The Bertz CT molecular complexity index is 1240. The summed E-state index contributed by atoms with van der Waals surface area (Å²) in [6.07, 6.45) is 2.15. The van der Waals surface area contributed by atoms with Gasteiger partial charge in [-0.3, -0.25) is 14.3 Å². The second-order valence-electron chi connectivity index (χ2n) is 8.16. The number of carbonyl (C=O) groups excluding carboxylic acids is 2. The zero-order valence-electron chi connectivity index (χ0n) is 19.1. The minimum Gasteiger partial charge on any atom is -0.461 e. The number of thiazole rings is 1. The fraction of sp³-hybridized carbons (Fsp3) is 0.364. The third-order valence-corrected chi connectivity index (χ3v) is 6.61. The Morgan fingerprint density at radius 3 is 2.60 bits per heavy atom. The van der Waals surface area contributed by atoms with E-state index in [1.807, 2.05) is 4.90 Å². The molecule has 2 atom stereocenters. The molecule has 0 unspecified atom stereocenters. The molecule has 0 saturated carbocycles. The van der Waals surface area contributed by atoms with Crippen molar-refractivity contribution < 1.29 is 23.1 Å². The molecule has 1 aliphatic rings. The van der Waals surface area contributed by atoms with Crippen molar-refractivity contribution in [1.82, 2.24) is 14.8 Å². The lowest BCUT2D eigenvalue weighted by atomic mass is 10.1. The number of nitrogens with two attached hydrogens (primary N) is 2.